The largest absolute Gasteiger partial charge is 0.573 e. The van der Waals surface area contributed by atoms with E-state index in [1.807, 2.05) is 18.2 Å². The number of H-pyrrole nitrogens is 1. The molecule has 0 aliphatic heterocycles. The van der Waals surface area contributed by atoms with E-state index in [0.29, 0.717) is 23.2 Å². The third-order valence-electron chi connectivity index (χ3n) is 4.57. The van der Waals surface area contributed by atoms with Crippen LogP contribution in [0, 0.1) is 6.92 Å². The van der Waals surface area contributed by atoms with Crippen LogP contribution in [-0.2, 0) is 6.54 Å². The predicted molar refractivity (Wildman–Crippen MR) is 103 cm³/mol. The summed E-state index contributed by atoms with van der Waals surface area (Å²) in [7, 11) is 0. The summed E-state index contributed by atoms with van der Waals surface area (Å²) < 4.78 is 42.3. The van der Waals surface area contributed by atoms with Gasteiger partial charge in [-0.3, -0.25) is 9.48 Å². The Labute approximate surface area is 163 Å². The lowest BCUT2D eigenvalue weighted by molar-refractivity contribution is -0.274. The highest BCUT2D eigenvalue weighted by Crippen LogP contribution is 2.24. The first kappa shape index (κ1) is 18.8. The van der Waals surface area contributed by atoms with E-state index in [2.05, 4.69) is 14.8 Å². The van der Waals surface area contributed by atoms with E-state index < -0.39 is 6.36 Å². The van der Waals surface area contributed by atoms with Crippen molar-refractivity contribution < 1.29 is 17.9 Å². The van der Waals surface area contributed by atoms with Gasteiger partial charge in [0, 0.05) is 28.2 Å². The number of aromatic nitrogens is 3. The van der Waals surface area contributed by atoms with Gasteiger partial charge in [-0.2, -0.15) is 5.10 Å². The number of hydrogen-bond acceptors (Lipinski definition) is 3. The standard InChI is InChI=1S/C21H16F3N3O2/c1-13-19(26-18-5-3-2-4-17(18)20(13)28)15-10-25-27(12-15)11-14-6-8-16(9-7-14)29-21(22,23)24/h2-10,12H,11H2,1H3,(H,26,28). The second-order valence-corrected chi connectivity index (χ2v) is 6.62. The van der Waals surface area contributed by atoms with Crippen molar-refractivity contribution in [1.29, 1.82) is 0 Å². The molecule has 2 aromatic heterocycles. The van der Waals surface area contributed by atoms with Crippen molar-refractivity contribution in [2.45, 2.75) is 19.8 Å². The molecule has 0 unspecified atom stereocenters. The van der Waals surface area contributed by atoms with E-state index in [1.54, 1.807) is 42.2 Å². The summed E-state index contributed by atoms with van der Waals surface area (Å²) in [5.41, 5.74) is 3.50. The molecule has 0 aliphatic rings. The van der Waals surface area contributed by atoms with E-state index in [-0.39, 0.29) is 11.2 Å². The summed E-state index contributed by atoms with van der Waals surface area (Å²) in [6.07, 6.45) is -1.28. The average Bonchev–Trinajstić information content (AvgIpc) is 3.13. The summed E-state index contributed by atoms with van der Waals surface area (Å²) in [5, 5.41) is 4.93. The highest BCUT2D eigenvalue weighted by atomic mass is 19.4. The van der Waals surface area contributed by atoms with Crippen LogP contribution in [-0.4, -0.2) is 21.1 Å². The topological polar surface area (TPSA) is 59.9 Å². The third-order valence-corrected chi connectivity index (χ3v) is 4.57. The molecule has 0 radical (unpaired) electrons. The van der Waals surface area contributed by atoms with E-state index in [1.165, 1.54) is 12.1 Å². The second-order valence-electron chi connectivity index (χ2n) is 6.62. The van der Waals surface area contributed by atoms with Crippen molar-refractivity contribution >= 4 is 10.9 Å². The number of benzene rings is 2. The zero-order chi connectivity index (χ0) is 20.6. The Balaban J connectivity index is 1.59. The van der Waals surface area contributed by atoms with Crippen molar-refractivity contribution in [3.05, 3.63) is 82.3 Å². The third kappa shape index (κ3) is 4.01. The quantitative estimate of drug-likeness (QED) is 0.544. The number of pyridine rings is 1. The summed E-state index contributed by atoms with van der Waals surface area (Å²) in [6, 6.07) is 12.9. The van der Waals surface area contributed by atoms with Gasteiger partial charge < -0.3 is 9.72 Å². The van der Waals surface area contributed by atoms with Gasteiger partial charge >= 0.3 is 6.36 Å². The Morgan fingerprint density at radius 1 is 1.10 bits per heavy atom. The van der Waals surface area contributed by atoms with E-state index >= 15 is 0 Å². The number of ether oxygens (including phenoxy) is 1. The van der Waals surface area contributed by atoms with Crippen LogP contribution in [0.5, 0.6) is 5.75 Å². The SMILES string of the molecule is Cc1c(-c2cnn(Cc3ccc(OC(F)(F)F)cc3)c2)[nH]c2ccccc2c1=O. The molecule has 0 fully saturated rings. The maximum absolute atomic E-state index is 12.6. The molecule has 0 saturated carbocycles. The maximum atomic E-state index is 12.6. The Bertz CT molecular complexity index is 1220. The molecule has 0 amide bonds. The van der Waals surface area contributed by atoms with Crippen molar-refractivity contribution in [1.82, 2.24) is 14.8 Å². The molecule has 148 valence electrons. The molecule has 1 N–H and O–H groups in total. The minimum absolute atomic E-state index is 0.0395. The molecule has 4 rings (SSSR count). The van der Waals surface area contributed by atoms with Crippen molar-refractivity contribution in [2.75, 3.05) is 0 Å². The van der Waals surface area contributed by atoms with Crippen LogP contribution in [0.4, 0.5) is 13.2 Å². The molecular weight excluding hydrogens is 383 g/mol. The first-order chi connectivity index (χ1) is 13.8. The molecule has 0 spiro atoms. The Hall–Kier alpha value is -3.55. The van der Waals surface area contributed by atoms with E-state index in [4.69, 9.17) is 0 Å². The first-order valence-corrected chi connectivity index (χ1v) is 8.79. The molecule has 2 heterocycles. The predicted octanol–water partition coefficient (Wildman–Crippen LogP) is 4.65. The van der Waals surface area contributed by atoms with Crippen LogP contribution in [0.25, 0.3) is 22.2 Å². The molecule has 0 saturated heterocycles. The Kier molecular flexibility index (Phi) is 4.62. The van der Waals surface area contributed by atoms with Crippen molar-refractivity contribution in [2.24, 2.45) is 0 Å². The average molecular weight is 399 g/mol. The van der Waals surface area contributed by atoms with Gasteiger partial charge in [-0.1, -0.05) is 24.3 Å². The molecular formula is C21H16F3N3O2. The number of nitrogens with one attached hydrogen (secondary N) is 1. The smallest absolute Gasteiger partial charge is 0.406 e. The zero-order valence-electron chi connectivity index (χ0n) is 15.3. The molecule has 4 aromatic rings. The number of para-hydroxylation sites is 1. The Morgan fingerprint density at radius 3 is 2.55 bits per heavy atom. The normalized spacial score (nSPS) is 11.7. The molecule has 5 nitrogen and oxygen atoms in total. The van der Waals surface area contributed by atoms with E-state index in [9.17, 15) is 18.0 Å². The number of rotatable bonds is 4. The van der Waals surface area contributed by atoms with Gasteiger partial charge in [-0.05, 0) is 36.8 Å². The lowest BCUT2D eigenvalue weighted by atomic mass is 10.1. The summed E-state index contributed by atoms with van der Waals surface area (Å²) in [5.74, 6) is -0.272. The minimum atomic E-state index is -4.72. The highest BCUT2D eigenvalue weighted by Gasteiger charge is 2.30. The molecule has 0 bridgehead atoms. The molecule has 8 heteroatoms. The molecule has 0 atom stereocenters. The number of nitrogens with zero attached hydrogens (tertiary/aromatic N) is 2. The van der Waals surface area contributed by atoms with Crippen LogP contribution in [0.3, 0.4) is 0 Å². The van der Waals surface area contributed by atoms with Gasteiger partial charge in [0.2, 0.25) is 0 Å². The monoisotopic (exact) mass is 399 g/mol. The van der Waals surface area contributed by atoms with Crippen LogP contribution >= 0.6 is 0 Å². The maximum Gasteiger partial charge on any atom is 0.573 e. The van der Waals surface area contributed by atoms with Gasteiger partial charge in [0.15, 0.2) is 5.43 Å². The van der Waals surface area contributed by atoms with Gasteiger partial charge in [0.1, 0.15) is 5.75 Å². The lowest BCUT2D eigenvalue weighted by Gasteiger charge is -2.09. The summed E-state index contributed by atoms with van der Waals surface area (Å²) in [4.78, 5) is 15.9. The van der Waals surface area contributed by atoms with Crippen LogP contribution in [0.2, 0.25) is 0 Å². The fraction of sp³-hybridized carbons (Fsp3) is 0.143. The number of fused-ring (bicyclic) bond motifs is 1. The fourth-order valence-corrected chi connectivity index (χ4v) is 3.19. The van der Waals surface area contributed by atoms with E-state index in [0.717, 1.165) is 16.6 Å². The first-order valence-electron chi connectivity index (χ1n) is 8.79. The molecule has 0 aliphatic carbocycles. The number of aromatic amines is 1. The zero-order valence-corrected chi connectivity index (χ0v) is 15.3. The number of alkyl halides is 3. The minimum Gasteiger partial charge on any atom is -0.406 e. The van der Waals surface area contributed by atoms with Gasteiger partial charge in [0.05, 0.1) is 18.4 Å². The fourth-order valence-electron chi connectivity index (χ4n) is 3.19. The van der Waals surface area contributed by atoms with Gasteiger partial charge in [-0.25, -0.2) is 0 Å². The lowest BCUT2D eigenvalue weighted by Crippen LogP contribution is -2.17. The van der Waals surface area contributed by atoms with Gasteiger partial charge in [-0.15, -0.1) is 13.2 Å². The second kappa shape index (κ2) is 7.12. The molecule has 2 aromatic carbocycles. The Morgan fingerprint density at radius 2 is 1.83 bits per heavy atom. The number of halogens is 3. The van der Waals surface area contributed by atoms with Crippen LogP contribution in [0.1, 0.15) is 11.1 Å². The van der Waals surface area contributed by atoms with Gasteiger partial charge in [0.25, 0.3) is 0 Å². The summed E-state index contributed by atoms with van der Waals surface area (Å²) >= 11 is 0. The van der Waals surface area contributed by atoms with Crippen molar-refractivity contribution in [3.8, 4) is 17.0 Å². The highest BCUT2D eigenvalue weighted by molar-refractivity contribution is 5.82. The number of hydrogen-bond donors (Lipinski definition) is 1. The van der Waals surface area contributed by atoms with Crippen LogP contribution < -0.4 is 10.2 Å². The molecule has 29 heavy (non-hydrogen) atoms. The van der Waals surface area contributed by atoms with Crippen molar-refractivity contribution in [3.63, 3.8) is 0 Å². The van der Waals surface area contributed by atoms with Crippen LogP contribution in [0.15, 0.2) is 65.7 Å². The summed E-state index contributed by atoms with van der Waals surface area (Å²) in [6.45, 7) is 2.13.